The van der Waals surface area contributed by atoms with Crippen LogP contribution in [0, 0.1) is 0 Å². The molecule has 94 valence electrons. The first-order valence-electron chi connectivity index (χ1n) is 6.06. The molecule has 0 aromatic carbocycles. The minimum absolute atomic E-state index is 0.0646. The Bertz CT molecular complexity index is 389. The maximum Gasteiger partial charge on any atom is 0.220 e. The number of nitrogens with one attached hydrogen (secondary N) is 1. The number of ether oxygens (including phenoxy) is 1. The Morgan fingerprint density at radius 1 is 1.47 bits per heavy atom. The van der Waals surface area contributed by atoms with Gasteiger partial charge in [-0.05, 0) is 6.42 Å². The molecule has 0 unspecified atom stereocenters. The summed E-state index contributed by atoms with van der Waals surface area (Å²) in [6.07, 6.45) is 2.21. The van der Waals surface area contributed by atoms with Crippen LogP contribution in [0.2, 0.25) is 0 Å². The second-order valence-corrected chi connectivity index (χ2v) is 4.07. The topological polar surface area (TPSA) is 69.0 Å². The molecule has 0 fully saturated rings. The number of fused-ring (bicyclic) bond motifs is 1. The maximum absolute atomic E-state index is 11.4. The fourth-order valence-electron chi connectivity index (χ4n) is 1.86. The Hall–Kier alpha value is -1.43. The van der Waals surface area contributed by atoms with Crippen molar-refractivity contribution in [3.05, 3.63) is 11.6 Å². The highest BCUT2D eigenvalue weighted by molar-refractivity contribution is 5.75. The molecule has 0 spiro atoms. The molecule has 0 atom stereocenters. The van der Waals surface area contributed by atoms with Gasteiger partial charge in [-0.3, -0.25) is 4.79 Å². The third kappa shape index (κ3) is 3.03. The quantitative estimate of drug-likeness (QED) is 0.817. The second kappa shape index (κ2) is 5.77. The lowest BCUT2D eigenvalue weighted by Crippen LogP contribution is -2.24. The van der Waals surface area contributed by atoms with Gasteiger partial charge in [0.15, 0.2) is 5.82 Å². The lowest BCUT2D eigenvalue weighted by Gasteiger charge is -2.07. The van der Waals surface area contributed by atoms with E-state index < -0.39 is 0 Å². The first-order valence-corrected chi connectivity index (χ1v) is 6.06. The van der Waals surface area contributed by atoms with Gasteiger partial charge in [-0.1, -0.05) is 6.92 Å². The molecule has 2 rings (SSSR count). The monoisotopic (exact) mass is 238 g/mol. The van der Waals surface area contributed by atoms with Gasteiger partial charge in [0.2, 0.25) is 5.91 Å². The van der Waals surface area contributed by atoms with Crippen LogP contribution < -0.4 is 5.32 Å². The van der Waals surface area contributed by atoms with E-state index in [1.807, 2.05) is 11.5 Å². The van der Waals surface area contributed by atoms with E-state index in [9.17, 15) is 4.79 Å². The minimum Gasteiger partial charge on any atom is -0.379 e. The molecule has 0 radical (unpaired) electrons. The maximum atomic E-state index is 11.4. The first-order chi connectivity index (χ1) is 8.31. The average molecular weight is 238 g/mol. The second-order valence-electron chi connectivity index (χ2n) is 4.07. The van der Waals surface area contributed by atoms with Gasteiger partial charge in [-0.25, -0.2) is 0 Å². The van der Waals surface area contributed by atoms with Crippen molar-refractivity contribution in [2.45, 2.75) is 39.3 Å². The van der Waals surface area contributed by atoms with Crippen LogP contribution in [0.4, 0.5) is 0 Å². The summed E-state index contributed by atoms with van der Waals surface area (Å²) in [5, 5.41) is 11.1. The molecule has 1 aromatic rings. The van der Waals surface area contributed by atoms with Crippen LogP contribution in [0.1, 0.15) is 31.4 Å². The number of rotatable bonds is 4. The Morgan fingerprint density at radius 2 is 2.35 bits per heavy atom. The fourth-order valence-corrected chi connectivity index (χ4v) is 1.86. The molecular formula is C11H18N4O2. The van der Waals surface area contributed by atoms with E-state index in [2.05, 4.69) is 15.5 Å². The number of aromatic nitrogens is 3. The number of amides is 1. The highest BCUT2D eigenvalue weighted by Crippen LogP contribution is 2.07. The highest BCUT2D eigenvalue weighted by Gasteiger charge is 2.14. The van der Waals surface area contributed by atoms with Gasteiger partial charge in [-0.15, -0.1) is 10.2 Å². The Labute approximate surface area is 100 Å². The van der Waals surface area contributed by atoms with Gasteiger partial charge in [0.1, 0.15) is 5.82 Å². The van der Waals surface area contributed by atoms with Crippen molar-refractivity contribution in [2.24, 2.45) is 0 Å². The van der Waals surface area contributed by atoms with Gasteiger partial charge in [0.25, 0.3) is 0 Å². The summed E-state index contributed by atoms with van der Waals surface area (Å²) in [6.45, 7) is 4.58. The van der Waals surface area contributed by atoms with Crippen LogP contribution in [0.15, 0.2) is 0 Å². The molecule has 1 N–H and O–H groups in total. The fraction of sp³-hybridized carbons (Fsp3) is 0.727. The summed E-state index contributed by atoms with van der Waals surface area (Å²) in [5.74, 6) is 1.83. The normalized spacial score (nSPS) is 15.1. The lowest BCUT2D eigenvalue weighted by molar-refractivity contribution is -0.121. The zero-order valence-corrected chi connectivity index (χ0v) is 10.1. The Kier molecular flexibility index (Phi) is 4.08. The van der Waals surface area contributed by atoms with Gasteiger partial charge < -0.3 is 14.6 Å². The van der Waals surface area contributed by atoms with Crippen molar-refractivity contribution >= 4 is 5.91 Å². The van der Waals surface area contributed by atoms with E-state index in [1.54, 1.807) is 0 Å². The molecule has 0 saturated carbocycles. The van der Waals surface area contributed by atoms with Crippen molar-refractivity contribution in [3.8, 4) is 0 Å². The number of nitrogens with zero attached hydrogens (tertiary/aromatic N) is 3. The third-order valence-corrected chi connectivity index (χ3v) is 2.75. The molecule has 2 heterocycles. The van der Waals surface area contributed by atoms with Gasteiger partial charge in [0.05, 0.1) is 19.8 Å². The summed E-state index contributed by atoms with van der Waals surface area (Å²) in [4.78, 5) is 11.4. The molecule has 0 saturated heterocycles. The van der Waals surface area contributed by atoms with Crippen LogP contribution in [0.25, 0.3) is 0 Å². The molecule has 0 aliphatic carbocycles. The number of carbonyl (C=O) groups excluding carboxylic acids is 1. The van der Waals surface area contributed by atoms with Crippen LogP contribution in [-0.4, -0.2) is 33.9 Å². The molecule has 17 heavy (non-hydrogen) atoms. The molecule has 6 nitrogen and oxygen atoms in total. The summed E-state index contributed by atoms with van der Waals surface area (Å²) in [7, 11) is 0. The predicted octanol–water partition coefficient (Wildman–Crippen LogP) is 0.267. The van der Waals surface area contributed by atoms with E-state index in [4.69, 9.17) is 4.74 Å². The van der Waals surface area contributed by atoms with E-state index in [0.717, 1.165) is 31.0 Å². The smallest absolute Gasteiger partial charge is 0.220 e. The summed E-state index contributed by atoms with van der Waals surface area (Å²) in [6, 6.07) is 0. The lowest BCUT2D eigenvalue weighted by atomic mass is 10.3. The van der Waals surface area contributed by atoms with Crippen LogP contribution in [-0.2, 0) is 29.0 Å². The van der Waals surface area contributed by atoms with Gasteiger partial charge >= 0.3 is 0 Å². The zero-order chi connectivity index (χ0) is 12.1. The molecule has 1 aliphatic heterocycles. The molecule has 0 bridgehead atoms. The van der Waals surface area contributed by atoms with Crippen molar-refractivity contribution < 1.29 is 9.53 Å². The molecule has 6 heteroatoms. The Morgan fingerprint density at radius 3 is 3.18 bits per heavy atom. The van der Waals surface area contributed by atoms with Crippen LogP contribution in [0.3, 0.4) is 0 Å². The van der Waals surface area contributed by atoms with Crippen molar-refractivity contribution in [1.82, 2.24) is 20.1 Å². The Balaban J connectivity index is 1.97. The number of hydrogen-bond acceptors (Lipinski definition) is 4. The van der Waals surface area contributed by atoms with Crippen LogP contribution in [0.5, 0.6) is 0 Å². The molecular weight excluding hydrogens is 220 g/mol. The molecule has 1 aliphatic rings. The standard InChI is InChI=1S/C11H18N4O2/c1-2-3-11(16)12-8-10-14-13-9-4-6-17-7-5-15(9)10/h2-8H2,1H3,(H,12,16). The van der Waals surface area contributed by atoms with E-state index >= 15 is 0 Å². The largest absolute Gasteiger partial charge is 0.379 e. The number of carbonyl (C=O) groups is 1. The first kappa shape index (κ1) is 12.0. The van der Waals surface area contributed by atoms with Gasteiger partial charge in [-0.2, -0.15) is 0 Å². The number of hydrogen-bond donors (Lipinski definition) is 1. The molecule has 1 aromatic heterocycles. The molecule has 1 amide bonds. The van der Waals surface area contributed by atoms with Gasteiger partial charge in [0, 0.05) is 19.4 Å². The van der Waals surface area contributed by atoms with Crippen molar-refractivity contribution in [3.63, 3.8) is 0 Å². The van der Waals surface area contributed by atoms with Crippen LogP contribution >= 0.6 is 0 Å². The van der Waals surface area contributed by atoms with E-state index in [1.165, 1.54) is 0 Å². The zero-order valence-electron chi connectivity index (χ0n) is 10.1. The minimum atomic E-state index is 0.0646. The highest BCUT2D eigenvalue weighted by atomic mass is 16.5. The average Bonchev–Trinajstić information content (AvgIpc) is 2.56. The summed E-state index contributed by atoms with van der Waals surface area (Å²) < 4.78 is 7.42. The summed E-state index contributed by atoms with van der Waals surface area (Å²) >= 11 is 0. The van der Waals surface area contributed by atoms with Crippen molar-refractivity contribution in [2.75, 3.05) is 13.2 Å². The van der Waals surface area contributed by atoms with E-state index in [0.29, 0.717) is 26.2 Å². The van der Waals surface area contributed by atoms with E-state index in [-0.39, 0.29) is 5.91 Å². The summed E-state index contributed by atoms with van der Waals surface area (Å²) in [5.41, 5.74) is 0. The third-order valence-electron chi connectivity index (χ3n) is 2.75. The SMILES string of the molecule is CCCC(=O)NCc1nnc2n1CCOCC2. The predicted molar refractivity (Wildman–Crippen MR) is 61.3 cm³/mol. The van der Waals surface area contributed by atoms with Crippen molar-refractivity contribution in [1.29, 1.82) is 0 Å².